The Morgan fingerprint density at radius 1 is 0.348 bits per heavy atom. The minimum Gasteiger partial charge on any atom is -0.545 e. The second-order valence-electron chi connectivity index (χ2n) is 25.9. The standard InChI is InChI=1S/C80H139NO8/c1-6-8-10-12-14-16-18-20-22-24-26-28-30-32-34-35-36-37-38-39-40-41-42-43-45-47-49-51-53-55-57-59-61-63-65-67-69-71-78(83)89-76(75-88-80(79(84)85)86-73-72-81(3,4)5)74-87-77(82)70-68-66-64-62-60-58-56-54-52-50-48-46-44-33-31-29-27-25-23-21-19-17-15-13-11-9-7-2/h8,10,14,16,20,22,26,28,32,34,36-37,39-40,42-43,47,49,76,80H,6-7,9,11-13,15,17-19,21,23-25,27,29-31,33,35,38,41,44-46,48,50-75H2,1-5H3/b10-8-,16-14-,22-20-,28-26-,34-32-,37-36-,40-39-,43-42-,49-47-. The number of carboxylic acid groups (broad SMARTS) is 1. The molecule has 0 aliphatic rings. The Bertz CT molecular complexity index is 1830. The predicted molar refractivity (Wildman–Crippen MR) is 380 cm³/mol. The molecule has 0 bridgehead atoms. The van der Waals surface area contributed by atoms with Crippen molar-refractivity contribution in [3.05, 3.63) is 109 Å². The van der Waals surface area contributed by atoms with Crippen LogP contribution in [-0.2, 0) is 33.3 Å². The summed E-state index contributed by atoms with van der Waals surface area (Å²) in [6.07, 6.45) is 94.7. The summed E-state index contributed by atoms with van der Waals surface area (Å²) in [5.41, 5.74) is 0. The topological polar surface area (TPSA) is 111 Å². The molecule has 0 saturated heterocycles. The number of hydrogen-bond acceptors (Lipinski definition) is 8. The number of unbranched alkanes of at least 4 members (excludes halogenated alkanes) is 35. The van der Waals surface area contributed by atoms with Gasteiger partial charge in [0.1, 0.15) is 13.2 Å². The van der Waals surface area contributed by atoms with Crippen LogP contribution >= 0.6 is 0 Å². The van der Waals surface area contributed by atoms with Gasteiger partial charge in [-0.2, -0.15) is 0 Å². The third-order valence-corrected chi connectivity index (χ3v) is 16.0. The van der Waals surface area contributed by atoms with E-state index in [1.807, 2.05) is 21.1 Å². The number of quaternary nitrogens is 1. The summed E-state index contributed by atoms with van der Waals surface area (Å²) in [7, 11) is 5.93. The lowest BCUT2D eigenvalue weighted by Gasteiger charge is -2.26. The molecule has 9 heteroatoms. The van der Waals surface area contributed by atoms with Crippen LogP contribution in [0.2, 0.25) is 0 Å². The molecule has 0 heterocycles. The minimum atomic E-state index is -1.63. The van der Waals surface area contributed by atoms with E-state index < -0.39 is 24.3 Å². The van der Waals surface area contributed by atoms with E-state index in [2.05, 4.69) is 123 Å². The number of nitrogens with zero attached hydrogens (tertiary/aromatic N) is 1. The van der Waals surface area contributed by atoms with Gasteiger partial charge in [-0.05, 0) is 83.5 Å². The van der Waals surface area contributed by atoms with E-state index in [0.717, 1.165) is 103 Å². The van der Waals surface area contributed by atoms with Gasteiger partial charge in [-0.15, -0.1) is 0 Å². The fraction of sp³-hybridized carbons (Fsp3) is 0.738. The van der Waals surface area contributed by atoms with Crippen LogP contribution in [0.15, 0.2) is 109 Å². The Balaban J connectivity index is 4.13. The van der Waals surface area contributed by atoms with Crippen molar-refractivity contribution >= 4 is 17.9 Å². The van der Waals surface area contributed by atoms with Crippen molar-refractivity contribution in [3.63, 3.8) is 0 Å². The molecule has 0 amide bonds. The number of esters is 2. The molecule has 0 rings (SSSR count). The molecule has 0 saturated carbocycles. The molecule has 0 aromatic carbocycles. The molecule has 2 atom stereocenters. The molecule has 0 fully saturated rings. The van der Waals surface area contributed by atoms with Gasteiger partial charge in [0, 0.05) is 12.8 Å². The van der Waals surface area contributed by atoms with Crippen molar-refractivity contribution in [1.29, 1.82) is 0 Å². The maximum Gasteiger partial charge on any atom is 0.306 e. The molecule has 0 aromatic rings. The molecule has 0 aromatic heterocycles. The van der Waals surface area contributed by atoms with Crippen molar-refractivity contribution < 1.29 is 42.9 Å². The fourth-order valence-corrected chi connectivity index (χ4v) is 10.4. The van der Waals surface area contributed by atoms with Crippen LogP contribution in [0, 0.1) is 0 Å². The van der Waals surface area contributed by atoms with Gasteiger partial charge in [0.2, 0.25) is 0 Å². The molecule has 9 nitrogen and oxygen atoms in total. The summed E-state index contributed by atoms with van der Waals surface area (Å²) >= 11 is 0. The summed E-state index contributed by atoms with van der Waals surface area (Å²) in [5, 5.41) is 11.8. The van der Waals surface area contributed by atoms with Crippen LogP contribution in [0.3, 0.4) is 0 Å². The predicted octanol–water partition coefficient (Wildman–Crippen LogP) is 22.0. The lowest BCUT2D eigenvalue weighted by atomic mass is 10.0. The van der Waals surface area contributed by atoms with Crippen molar-refractivity contribution in [1.82, 2.24) is 0 Å². The van der Waals surface area contributed by atoms with Crippen LogP contribution in [0.5, 0.6) is 0 Å². The van der Waals surface area contributed by atoms with Gasteiger partial charge in [0.15, 0.2) is 12.4 Å². The Morgan fingerprint density at radius 2 is 0.640 bits per heavy atom. The average Bonchev–Trinajstić information content (AvgIpc) is 3.70. The summed E-state index contributed by atoms with van der Waals surface area (Å²) in [6.45, 7) is 4.66. The zero-order valence-corrected chi connectivity index (χ0v) is 58.5. The second kappa shape index (κ2) is 69.8. The molecular weight excluding hydrogens is 1100 g/mol. The number of carboxylic acids is 1. The first-order chi connectivity index (χ1) is 43.6. The van der Waals surface area contributed by atoms with Gasteiger partial charge in [0.05, 0.1) is 40.3 Å². The molecule has 512 valence electrons. The van der Waals surface area contributed by atoms with Gasteiger partial charge in [-0.3, -0.25) is 9.59 Å². The van der Waals surface area contributed by atoms with Crippen LogP contribution in [-0.4, -0.2) is 82.3 Å². The summed E-state index contributed by atoms with van der Waals surface area (Å²) in [4.78, 5) is 37.5. The fourth-order valence-electron chi connectivity index (χ4n) is 10.4. The number of aliphatic carboxylic acids is 1. The molecule has 0 spiro atoms. The van der Waals surface area contributed by atoms with E-state index in [1.165, 1.54) is 186 Å². The first-order valence-electron chi connectivity index (χ1n) is 37.0. The monoisotopic (exact) mass is 1240 g/mol. The molecule has 0 aliphatic carbocycles. The van der Waals surface area contributed by atoms with Crippen LogP contribution in [0.25, 0.3) is 0 Å². The van der Waals surface area contributed by atoms with E-state index in [9.17, 15) is 19.5 Å². The minimum absolute atomic E-state index is 0.144. The Morgan fingerprint density at radius 3 is 0.955 bits per heavy atom. The highest BCUT2D eigenvalue weighted by molar-refractivity contribution is 5.70. The summed E-state index contributed by atoms with van der Waals surface area (Å²) in [5.74, 6) is -2.28. The highest BCUT2D eigenvalue weighted by Gasteiger charge is 2.22. The normalized spacial score (nSPS) is 13.3. The highest BCUT2D eigenvalue weighted by Crippen LogP contribution is 2.18. The maximum absolute atomic E-state index is 12.9. The molecule has 89 heavy (non-hydrogen) atoms. The molecule has 2 unspecified atom stereocenters. The molecule has 0 N–H and O–H groups in total. The van der Waals surface area contributed by atoms with E-state index in [0.29, 0.717) is 23.9 Å². The number of carbonyl (C=O) groups excluding carboxylic acids is 3. The molecule has 0 aliphatic heterocycles. The third kappa shape index (κ3) is 71.3. The average molecular weight is 1240 g/mol. The van der Waals surface area contributed by atoms with E-state index in [-0.39, 0.29) is 32.2 Å². The maximum atomic E-state index is 12.9. The first-order valence-corrected chi connectivity index (χ1v) is 37.0. The van der Waals surface area contributed by atoms with Gasteiger partial charge < -0.3 is 33.3 Å². The molecular formula is C80H139NO8. The number of allylic oxidation sites excluding steroid dienone is 18. The summed E-state index contributed by atoms with van der Waals surface area (Å²) < 4.78 is 22.8. The summed E-state index contributed by atoms with van der Waals surface area (Å²) in [6, 6.07) is 0. The van der Waals surface area contributed by atoms with E-state index >= 15 is 0 Å². The van der Waals surface area contributed by atoms with Crippen LogP contribution < -0.4 is 5.11 Å². The van der Waals surface area contributed by atoms with Crippen LogP contribution in [0.4, 0.5) is 0 Å². The quantitative estimate of drug-likeness (QED) is 0.0195. The Kier molecular flexibility index (Phi) is 66.7. The number of carbonyl (C=O) groups is 3. The number of hydrogen-bond donors (Lipinski definition) is 0. The van der Waals surface area contributed by atoms with E-state index in [1.54, 1.807) is 0 Å². The largest absolute Gasteiger partial charge is 0.545 e. The number of rotatable bonds is 68. The zero-order valence-electron chi connectivity index (χ0n) is 58.5. The second-order valence-corrected chi connectivity index (χ2v) is 25.9. The number of ether oxygens (including phenoxy) is 4. The molecule has 0 radical (unpaired) electrons. The highest BCUT2D eigenvalue weighted by atomic mass is 16.7. The SMILES string of the molecule is CC/C=C\C/C=C\C/C=C\C/C=C\C/C=C\C/C=C\C/C=C\C/C=C\C/C=C\CCCCCCCCCCCC(=O)OC(COC(=O)CCCCCCCCCCCCCCCCCCCCCCCCCCCCC)COC(OCC[N+](C)(C)C)C(=O)[O-]. The van der Waals surface area contributed by atoms with Crippen LogP contribution in [0.1, 0.15) is 322 Å². The van der Waals surface area contributed by atoms with Crippen molar-refractivity contribution in [3.8, 4) is 0 Å². The van der Waals surface area contributed by atoms with Gasteiger partial charge in [0.25, 0.3) is 0 Å². The lowest BCUT2D eigenvalue weighted by molar-refractivity contribution is -0.870. The van der Waals surface area contributed by atoms with E-state index in [4.69, 9.17) is 18.9 Å². The van der Waals surface area contributed by atoms with Crippen molar-refractivity contribution in [2.24, 2.45) is 0 Å². The smallest absolute Gasteiger partial charge is 0.306 e. The zero-order chi connectivity index (χ0) is 64.7. The lowest BCUT2D eigenvalue weighted by Crippen LogP contribution is -2.44. The Hall–Kier alpha value is -4.05. The van der Waals surface area contributed by atoms with Gasteiger partial charge in [-0.25, -0.2) is 0 Å². The van der Waals surface area contributed by atoms with Gasteiger partial charge >= 0.3 is 11.9 Å². The van der Waals surface area contributed by atoms with Gasteiger partial charge in [-0.1, -0.05) is 335 Å². The number of likely N-dealkylation sites (N-methyl/N-ethyl adjacent to an activating group) is 1. The van der Waals surface area contributed by atoms with Crippen molar-refractivity contribution in [2.75, 3.05) is 47.5 Å². The first kappa shape index (κ1) is 85.0. The van der Waals surface area contributed by atoms with Crippen molar-refractivity contribution in [2.45, 2.75) is 334 Å². The third-order valence-electron chi connectivity index (χ3n) is 16.0. The Labute approximate surface area is 549 Å².